The van der Waals surface area contributed by atoms with E-state index in [0.717, 1.165) is 12.8 Å². The average Bonchev–Trinajstić information content (AvgIpc) is 2.24. The SMILES string of the molecule is CCCC(=O)OCC#CCOC(=O)CCC. The van der Waals surface area contributed by atoms with Crippen LogP contribution in [0.1, 0.15) is 39.5 Å². The summed E-state index contributed by atoms with van der Waals surface area (Å²) in [4.78, 5) is 21.8. The van der Waals surface area contributed by atoms with Gasteiger partial charge >= 0.3 is 11.9 Å². The Labute approximate surface area is 96.3 Å². The van der Waals surface area contributed by atoms with Crippen molar-refractivity contribution in [3.63, 3.8) is 0 Å². The van der Waals surface area contributed by atoms with Crippen LogP contribution in [0.2, 0.25) is 0 Å². The van der Waals surface area contributed by atoms with Gasteiger partial charge in [0, 0.05) is 12.8 Å². The molecule has 0 N–H and O–H groups in total. The van der Waals surface area contributed by atoms with Crippen LogP contribution in [0.4, 0.5) is 0 Å². The van der Waals surface area contributed by atoms with Gasteiger partial charge in [0.15, 0.2) is 13.2 Å². The smallest absolute Gasteiger partial charge is 0.306 e. The van der Waals surface area contributed by atoms with E-state index in [1.165, 1.54) is 0 Å². The summed E-state index contributed by atoms with van der Waals surface area (Å²) in [7, 11) is 0. The van der Waals surface area contributed by atoms with Gasteiger partial charge in [-0.3, -0.25) is 9.59 Å². The van der Waals surface area contributed by atoms with E-state index >= 15 is 0 Å². The first-order valence-corrected chi connectivity index (χ1v) is 5.47. The van der Waals surface area contributed by atoms with Gasteiger partial charge in [0.25, 0.3) is 0 Å². The molecule has 4 heteroatoms. The Hall–Kier alpha value is -1.50. The van der Waals surface area contributed by atoms with E-state index in [-0.39, 0.29) is 25.2 Å². The van der Waals surface area contributed by atoms with Gasteiger partial charge in [0.2, 0.25) is 0 Å². The Morgan fingerprint density at radius 1 is 0.875 bits per heavy atom. The molecule has 0 unspecified atom stereocenters. The molecule has 4 nitrogen and oxygen atoms in total. The molecule has 0 aromatic heterocycles. The van der Waals surface area contributed by atoms with Crippen LogP contribution < -0.4 is 0 Å². The number of ether oxygens (including phenoxy) is 2. The lowest BCUT2D eigenvalue weighted by Gasteiger charge is -1.98. The van der Waals surface area contributed by atoms with Gasteiger partial charge in [-0.15, -0.1) is 0 Å². The molecule has 0 heterocycles. The van der Waals surface area contributed by atoms with Gasteiger partial charge in [-0.05, 0) is 12.8 Å². The fraction of sp³-hybridized carbons (Fsp3) is 0.667. The number of rotatable bonds is 6. The Kier molecular flexibility index (Phi) is 9.09. The third-order valence-electron chi connectivity index (χ3n) is 1.64. The third-order valence-corrected chi connectivity index (χ3v) is 1.64. The van der Waals surface area contributed by atoms with Gasteiger partial charge in [0.1, 0.15) is 0 Å². The average molecular weight is 226 g/mol. The van der Waals surface area contributed by atoms with E-state index in [4.69, 9.17) is 9.47 Å². The predicted molar refractivity (Wildman–Crippen MR) is 59.5 cm³/mol. The lowest BCUT2D eigenvalue weighted by Crippen LogP contribution is -2.05. The van der Waals surface area contributed by atoms with Crippen LogP contribution in [-0.4, -0.2) is 25.2 Å². The van der Waals surface area contributed by atoms with Crippen LogP contribution in [0.3, 0.4) is 0 Å². The Morgan fingerprint density at radius 2 is 1.25 bits per heavy atom. The van der Waals surface area contributed by atoms with Crippen molar-refractivity contribution in [2.45, 2.75) is 39.5 Å². The second-order valence-corrected chi connectivity index (χ2v) is 3.17. The van der Waals surface area contributed by atoms with Crippen LogP contribution in [-0.2, 0) is 19.1 Å². The van der Waals surface area contributed by atoms with Crippen molar-refractivity contribution in [2.24, 2.45) is 0 Å². The second-order valence-electron chi connectivity index (χ2n) is 3.17. The third kappa shape index (κ3) is 9.07. The van der Waals surface area contributed by atoms with Gasteiger partial charge < -0.3 is 9.47 Å². The van der Waals surface area contributed by atoms with E-state index in [9.17, 15) is 9.59 Å². The fourth-order valence-corrected chi connectivity index (χ4v) is 0.888. The Morgan fingerprint density at radius 3 is 1.56 bits per heavy atom. The van der Waals surface area contributed by atoms with Crippen molar-refractivity contribution in [3.8, 4) is 11.8 Å². The number of carbonyl (C=O) groups is 2. The van der Waals surface area contributed by atoms with E-state index in [1.807, 2.05) is 13.8 Å². The predicted octanol–water partition coefficient (Wildman–Crippen LogP) is 1.68. The van der Waals surface area contributed by atoms with Crippen LogP contribution >= 0.6 is 0 Å². The maximum atomic E-state index is 10.9. The molecule has 16 heavy (non-hydrogen) atoms. The highest BCUT2D eigenvalue weighted by Gasteiger charge is 1.98. The molecule has 0 rings (SSSR count). The van der Waals surface area contributed by atoms with Crippen molar-refractivity contribution < 1.29 is 19.1 Å². The number of carbonyl (C=O) groups excluding carboxylic acids is 2. The molecule has 90 valence electrons. The molecule has 0 aliphatic carbocycles. The zero-order chi connectivity index (χ0) is 12.2. The first-order valence-electron chi connectivity index (χ1n) is 5.47. The topological polar surface area (TPSA) is 52.6 Å². The lowest BCUT2D eigenvalue weighted by atomic mass is 10.3. The van der Waals surface area contributed by atoms with Crippen molar-refractivity contribution in [3.05, 3.63) is 0 Å². The molecule has 0 fully saturated rings. The Bertz CT molecular complexity index is 246. The molecular formula is C12H18O4. The molecule has 0 aliphatic rings. The van der Waals surface area contributed by atoms with Crippen molar-refractivity contribution in [2.75, 3.05) is 13.2 Å². The first-order chi connectivity index (χ1) is 7.70. The monoisotopic (exact) mass is 226 g/mol. The summed E-state index contributed by atoms with van der Waals surface area (Å²) in [6.07, 6.45) is 2.35. The lowest BCUT2D eigenvalue weighted by molar-refractivity contribution is -0.143. The normalized spacial score (nSPS) is 8.88. The summed E-state index contributed by atoms with van der Waals surface area (Å²) >= 11 is 0. The van der Waals surface area contributed by atoms with Gasteiger partial charge in [-0.1, -0.05) is 25.7 Å². The van der Waals surface area contributed by atoms with Crippen LogP contribution in [0.15, 0.2) is 0 Å². The summed E-state index contributed by atoms with van der Waals surface area (Å²) in [6, 6.07) is 0. The largest absolute Gasteiger partial charge is 0.452 e. The van der Waals surface area contributed by atoms with Crippen LogP contribution in [0, 0.1) is 11.8 Å². The van der Waals surface area contributed by atoms with E-state index in [2.05, 4.69) is 11.8 Å². The zero-order valence-corrected chi connectivity index (χ0v) is 9.88. The summed E-state index contributed by atoms with van der Waals surface area (Å²) < 4.78 is 9.57. The standard InChI is InChI=1S/C12H18O4/c1-3-7-11(13)15-9-5-6-10-16-12(14)8-4-2/h3-4,7-10H2,1-2H3. The number of esters is 2. The van der Waals surface area contributed by atoms with Gasteiger partial charge in [-0.2, -0.15) is 0 Å². The molecule has 0 saturated heterocycles. The summed E-state index contributed by atoms with van der Waals surface area (Å²) in [5.41, 5.74) is 0. The molecule has 0 aromatic rings. The van der Waals surface area contributed by atoms with Gasteiger partial charge in [-0.25, -0.2) is 0 Å². The van der Waals surface area contributed by atoms with Crippen molar-refractivity contribution in [1.82, 2.24) is 0 Å². The zero-order valence-electron chi connectivity index (χ0n) is 9.88. The molecule has 0 atom stereocenters. The van der Waals surface area contributed by atoms with Crippen molar-refractivity contribution in [1.29, 1.82) is 0 Å². The Balaban J connectivity index is 3.48. The molecule has 0 saturated carbocycles. The number of hydrogen-bond acceptors (Lipinski definition) is 4. The van der Waals surface area contributed by atoms with Gasteiger partial charge in [0.05, 0.1) is 0 Å². The molecule has 0 spiro atoms. The number of hydrogen-bond donors (Lipinski definition) is 0. The van der Waals surface area contributed by atoms with Crippen LogP contribution in [0.25, 0.3) is 0 Å². The minimum absolute atomic E-state index is 0.0597. The minimum Gasteiger partial charge on any atom is -0.452 e. The quantitative estimate of drug-likeness (QED) is 0.510. The maximum absolute atomic E-state index is 10.9. The highest BCUT2D eigenvalue weighted by atomic mass is 16.5. The molecule has 0 amide bonds. The van der Waals surface area contributed by atoms with E-state index in [1.54, 1.807) is 0 Å². The molecule has 0 radical (unpaired) electrons. The molecule has 0 aromatic carbocycles. The van der Waals surface area contributed by atoms with E-state index < -0.39 is 0 Å². The second kappa shape index (κ2) is 10.0. The molecular weight excluding hydrogens is 208 g/mol. The fourth-order valence-electron chi connectivity index (χ4n) is 0.888. The first kappa shape index (κ1) is 14.5. The highest BCUT2D eigenvalue weighted by Crippen LogP contribution is 1.91. The maximum Gasteiger partial charge on any atom is 0.306 e. The van der Waals surface area contributed by atoms with E-state index in [0.29, 0.717) is 12.8 Å². The molecule has 0 aliphatic heterocycles. The van der Waals surface area contributed by atoms with Crippen LogP contribution in [0.5, 0.6) is 0 Å². The highest BCUT2D eigenvalue weighted by molar-refractivity contribution is 5.69. The van der Waals surface area contributed by atoms with Crippen molar-refractivity contribution >= 4 is 11.9 Å². The summed E-state index contributed by atoms with van der Waals surface area (Å²) in [5, 5.41) is 0. The summed E-state index contributed by atoms with van der Waals surface area (Å²) in [5.74, 6) is 4.70. The minimum atomic E-state index is -0.250. The molecule has 0 bridgehead atoms. The summed E-state index contributed by atoms with van der Waals surface area (Å²) in [6.45, 7) is 3.93.